The van der Waals surface area contributed by atoms with E-state index < -0.39 is 5.92 Å². The number of anilines is 1. The molecule has 0 aromatic carbocycles. The molecule has 1 saturated carbocycles. The third-order valence-corrected chi connectivity index (χ3v) is 3.43. The predicted octanol–water partition coefficient (Wildman–Crippen LogP) is 3.02. The Bertz CT molecular complexity index is 448. The molecule has 0 saturated heterocycles. The van der Waals surface area contributed by atoms with Crippen molar-refractivity contribution in [2.24, 2.45) is 16.6 Å². The number of rotatable bonds is 3. The van der Waals surface area contributed by atoms with Gasteiger partial charge in [-0.15, -0.1) is 0 Å². The first-order valence-electron chi connectivity index (χ1n) is 6.91. The molecule has 3 N–H and O–H groups in total. The first-order chi connectivity index (χ1) is 9.55. The summed E-state index contributed by atoms with van der Waals surface area (Å²) in [6.07, 6.45) is 3.76. The van der Waals surface area contributed by atoms with Crippen LogP contribution in [-0.2, 0) is 0 Å². The van der Waals surface area contributed by atoms with Crippen molar-refractivity contribution in [1.82, 2.24) is 4.98 Å². The first kappa shape index (κ1) is 14.7. The lowest BCUT2D eigenvalue weighted by molar-refractivity contribution is -0.0241. The standard InChI is InChI=1S/C14H20F2N4/c15-14(16)7-3-1-5-11(9-14)10-19-13(17)20-12-6-2-4-8-18-12/h2,4,6,8,11H,1,3,5,7,9-10H2,(H3,17,18,19,20). The summed E-state index contributed by atoms with van der Waals surface area (Å²) >= 11 is 0. The van der Waals surface area contributed by atoms with Crippen LogP contribution in [0.25, 0.3) is 0 Å². The minimum atomic E-state index is -2.56. The lowest BCUT2D eigenvalue weighted by Gasteiger charge is -2.18. The molecule has 1 aromatic heterocycles. The van der Waals surface area contributed by atoms with Crippen LogP contribution < -0.4 is 11.1 Å². The minimum absolute atomic E-state index is 0.00508. The Kier molecular flexibility index (Phi) is 4.87. The Labute approximate surface area is 117 Å². The van der Waals surface area contributed by atoms with Gasteiger partial charge in [0.2, 0.25) is 5.92 Å². The quantitative estimate of drug-likeness (QED) is 0.509. The van der Waals surface area contributed by atoms with Gasteiger partial charge in [-0.3, -0.25) is 4.99 Å². The topological polar surface area (TPSA) is 63.3 Å². The molecule has 0 bridgehead atoms. The highest BCUT2D eigenvalue weighted by atomic mass is 19.3. The maximum absolute atomic E-state index is 13.5. The lowest BCUT2D eigenvalue weighted by atomic mass is 9.99. The number of hydrogen-bond donors (Lipinski definition) is 2. The van der Waals surface area contributed by atoms with E-state index in [4.69, 9.17) is 5.73 Å². The first-order valence-corrected chi connectivity index (χ1v) is 6.91. The molecule has 1 unspecified atom stereocenters. The number of hydrogen-bond acceptors (Lipinski definition) is 2. The van der Waals surface area contributed by atoms with Gasteiger partial charge in [-0.2, -0.15) is 0 Å². The van der Waals surface area contributed by atoms with Gasteiger partial charge in [0.1, 0.15) is 5.82 Å². The van der Waals surface area contributed by atoms with Gasteiger partial charge in [0.05, 0.1) is 0 Å². The average molecular weight is 282 g/mol. The number of alkyl halides is 2. The number of halogens is 2. The van der Waals surface area contributed by atoms with Crippen molar-refractivity contribution in [3.8, 4) is 0 Å². The molecule has 0 radical (unpaired) electrons. The normalized spacial score (nSPS) is 23.1. The second-order valence-electron chi connectivity index (χ2n) is 5.24. The van der Waals surface area contributed by atoms with Gasteiger partial charge >= 0.3 is 0 Å². The van der Waals surface area contributed by atoms with Crippen molar-refractivity contribution in [2.45, 2.75) is 38.0 Å². The van der Waals surface area contributed by atoms with Crippen LogP contribution in [0, 0.1) is 5.92 Å². The Morgan fingerprint density at radius 1 is 1.45 bits per heavy atom. The Hall–Kier alpha value is -1.72. The van der Waals surface area contributed by atoms with E-state index in [0.29, 0.717) is 18.8 Å². The predicted molar refractivity (Wildman–Crippen MR) is 75.9 cm³/mol. The maximum atomic E-state index is 13.5. The van der Waals surface area contributed by atoms with Gasteiger partial charge in [-0.1, -0.05) is 12.5 Å². The van der Waals surface area contributed by atoms with Crippen molar-refractivity contribution in [3.05, 3.63) is 24.4 Å². The fourth-order valence-electron chi connectivity index (χ4n) is 2.43. The Balaban J connectivity index is 1.87. The van der Waals surface area contributed by atoms with E-state index in [9.17, 15) is 8.78 Å². The maximum Gasteiger partial charge on any atom is 0.248 e. The second kappa shape index (κ2) is 6.63. The number of nitrogens with one attached hydrogen (secondary N) is 1. The molecule has 20 heavy (non-hydrogen) atoms. The van der Waals surface area contributed by atoms with Crippen molar-refractivity contribution < 1.29 is 8.78 Å². The largest absolute Gasteiger partial charge is 0.370 e. The van der Waals surface area contributed by atoms with Crippen LogP contribution >= 0.6 is 0 Å². The van der Waals surface area contributed by atoms with Gasteiger partial charge in [-0.05, 0) is 30.9 Å². The lowest BCUT2D eigenvalue weighted by Crippen LogP contribution is -2.25. The highest BCUT2D eigenvalue weighted by Gasteiger charge is 2.34. The molecule has 1 heterocycles. The van der Waals surface area contributed by atoms with Gasteiger partial charge in [0.25, 0.3) is 0 Å². The Morgan fingerprint density at radius 2 is 2.30 bits per heavy atom. The van der Waals surface area contributed by atoms with Crippen LogP contribution in [0.4, 0.5) is 14.6 Å². The number of aliphatic imine (C=N–C) groups is 1. The summed E-state index contributed by atoms with van der Waals surface area (Å²) in [5.74, 6) is -1.84. The molecule has 0 amide bonds. The minimum Gasteiger partial charge on any atom is -0.370 e. The monoisotopic (exact) mass is 282 g/mol. The van der Waals surface area contributed by atoms with E-state index in [1.807, 2.05) is 6.07 Å². The molecule has 1 aliphatic rings. The van der Waals surface area contributed by atoms with Crippen LogP contribution in [0.1, 0.15) is 32.1 Å². The van der Waals surface area contributed by atoms with Crippen molar-refractivity contribution in [1.29, 1.82) is 0 Å². The van der Waals surface area contributed by atoms with Crippen LogP contribution in [0.15, 0.2) is 29.4 Å². The van der Waals surface area contributed by atoms with Gasteiger partial charge in [0.15, 0.2) is 5.96 Å². The zero-order chi connectivity index (χ0) is 14.4. The zero-order valence-electron chi connectivity index (χ0n) is 11.4. The number of guanidine groups is 1. The summed E-state index contributed by atoms with van der Waals surface area (Å²) in [6, 6.07) is 5.39. The second-order valence-corrected chi connectivity index (χ2v) is 5.24. The van der Waals surface area contributed by atoms with E-state index in [2.05, 4.69) is 15.3 Å². The van der Waals surface area contributed by atoms with Crippen LogP contribution in [0.3, 0.4) is 0 Å². The third kappa shape index (κ3) is 4.75. The van der Waals surface area contributed by atoms with Gasteiger partial charge in [-0.25, -0.2) is 13.8 Å². The molecule has 1 aliphatic carbocycles. The number of nitrogens with two attached hydrogens (primary N) is 1. The highest BCUT2D eigenvalue weighted by Crippen LogP contribution is 2.35. The SMILES string of the molecule is NC(=NCC1CCCCC(F)(F)C1)Nc1ccccn1. The zero-order valence-corrected chi connectivity index (χ0v) is 11.4. The van der Waals surface area contributed by atoms with E-state index >= 15 is 0 Å². The molecule has 0 spiro atoms. The molecular weight excluding hydrogens is 262 g/mol. The van der Waals surface area contributed by atoms with E-state index in [-0.39, 0.29) is 24.7 Å². The van der Waals surface area contributed by atoms with Gasteiger partial charge < -0.3 is 11.1 Å². The van der Waals surface area contributed by atoms with Crippen LogP contribution in [0.2, 0.25) is 0 Å². The van der Waals surface area contributed by atoms with Crippen LogP contribution in [-0.4, -0.2) is 23.4 Å². The molecule has 110 valence electrons. The van der Waals surface area contributed by atoms with Crippen molar-refractivity contribution >= 4 is 11.8 Å². The fraction of sp³-hybridized carbons (Fsp3) is 0.571. The molecule has 0 aliphatic heterocycles. The molecular formula is C14H20F2N4. The Morgan fingerprint density at radius 3 is 3.05 bits per heavy atom. The molecule has 4 nitrogen and oxygen atoms in total. The van der Waals surface area contributed by atoms with E-state index in [1.165, 1.54) is 0 Å². The molecule has 2 rings (SSSR count). The number of aromatic nitrogens is 1. The molecule has 6 heteroatoms. The number of nitrogens with zero attached hydrogens (tertiary/aromatic N) is 2. The van der Waals surface area contributed by atoms with Crippen molar-refractivity contribution in [2.75, 3.05) is 11.9 Å². The van der Waals surface area contributed by atoms with Crippen molar-refractivity contribution in [3.63, 3.8) is 0 Å². The summed E-state index contributed by atoms with van der Waals surface area (Å²) in [4.78, 5) is 8.22. The molecule has 1 atom stereocenters. The summed E-state index contributed by atoms with van der Waals surface area (Å²) < 4.78 is 27.0. The average Bonchev–Trinajstić information content (AvgIpc) is 2.58. The molecule has 1 fully saturated rings. The highest BCUT2D eigenvalue weighted by molar-refractivity contribution is 5.91. The summed E-state index contributed by atoms with van der Waals surface area (Å²) in [5, 5.41) is 2.85. The smallest absolute Gasteiger partial charge is 0.248 e. The summed E-state index contributed by atoms with van der Waals surface area (Å²) in [5.41, 5.74) is 5.74. The molecule has 1 aromatic rings. The third-order valence-electron chi connectivity index (χ3n) is 3.43. The summed E-state index contributed by atoms with van der Waals surface area (Å²) in [6.45, 7) is 0.335. The fourth-order valence-corrected chi connectivity index (χ4v) is 2.43. The van der Waals surface area contributed by atoms with E-state index in [0.717, 1.165) is 12.8 Å². The van der Waals surface area contributed by atoms with E-state index in [1.54, 1.807) is 18.3 Å². The van der Waals surface area contributed by atoms with Gasteiger partial charge in [0, 0.05) is 25.6 Å². The number of pyridine rings is 1. The van der Waals surface area contributed by atoms with Crippen LogP contribution in [0.5, 0.6) is 0 Å². The summed E-state index contributed by atoms with van der Waals surface area (Å²) in [7, 11) is 0.